The van der Waals surface area contributed by atoms with Crippen LogP contribution in [0.5, 0.6) is 5.75 Å². The number of amides is 2. The van der Waals surface area contributed by atoms with Crippen LogP contribution in [0.25, 0.3) is 0 Å². The Morgan fingerprint density at radius 3 is 2.48 bits per heavy atom. The van der Waals surface area contributed by atoms with Gasteiger partial charge < -0.3 is 15.0 Å². The number of hydrogen-bond donors (Lipinski definition) is 1. The molecule has 0 spiro atoms. The Bertz CT molecular complexity index is 625. The lowest BCUT2D eigenvalue weighted by Gasteiger charge is -2.36. The predicted octanol–water partition coefficient (Wildman–Crippen LogP) is 2.85. The minimum absolute atomic E-state index is 0.118. The largest absolute Gasteiger partial charge is 0.495 e. The molecule has 1 heterocycles. The van der Waals surface area contributed by atoms with Crippen molar-refractivity contribution >= 4 is 17.5 Å². The standard InChI is InChI=1S/C21H33N3O3/c1-5-10-23(15-21(26)24-12-16(2)11-17(3)13-24)14-20(25)22-18-8-6-7-9-19(18)27-4/h6-9,16-17H,5,10-15H2,1-4H3,(H,22,25). The lowest BCUT2D eigenvalue weighted by molar-refractivity contribution is -0.135. The highest BCUT2D eigenvalue weighted by Crippen LogP contribution is 2.23. The maximum Gasteiger partial charge on any atom is 0.238 e. The number of nitrogens with one attached hydrogen (secondary N) is 1. The first-order chi connectivity index (χ1) is 12.9. The molecule has 0 aromatic heterocycles. The molecule has 0 radical (unpaired) electrons. The molecule has 6 heteroatoms. The van der Waals surface area contributed by atoms with Crippen molar-refractivity contribution < 1.29 is 14.3 Å². The van der Waals surface area contributed by atoms with Gasteiger partial charge in [-0.05, 0) is 43.4 Å². The second kappa shape index (κ2) is 10.3. The predicted molar refractivity (Wildman–Crippen MR) is 108 cm³/mol. The van der Waals surface area contributed by atoms with E-state index in [0.717, 1.165) is 19.5 Å². The van der Waals surface area contributed by atoms with Crippen LogP contribution in [0, 0.1) is 11.8 Å². The molecular formula is C21H33N3O3. The van der Waals surface area contributed by atoms with E-state index in [2.05, 4.69) is 26.1 Å². The Morgan fingerprint density at radius 1 is 1.19 bits per heavy atom. The Labute approximate surface area is 162 Å². The van der Waals surface area contributed by atoms with Gasteiger partial charge >= 0.3 is 0 Å². The molecule has 27 heavy (non-hydrogen) atoms. The Balaban J connectivity index is 1.94. The summed E-state index contributed by atoms with van der Waals surface area (Å²) in [6.45, 7) is 9.27. The molecule has 0 saturated carbocycles. The molecular weight excluding hydrogens is 342 g/mol. The van der Waals surface area contributed by atoms with Crippen LogP contribution in [-0.4, -0.2) is 61.4 Å². The molecule has 1 aliphatic rings. The molecule has 2 amide bonds. The summed E-state index contributed by atoms with van der Waals surface area (Å²) in [6, 6.07) is 7.32. The van der Waals surface area contributed by atoms with Crippen LogP contribution in [0.2, 0.25) is 0 Å². The Kier molecular flexibility index (Phi) is 8.10. The van der Waals surface area contributed by atoms with E-state index in [4.69, 9.17) is 4.74 Å². The fourth-order valence-corrected chi connectivity index (χ4v) is 3.83. The summed E-state index contributed by atoms with van der Waals surface area (Å²) in [7, 11) is 1.58. The van der Waals surface area contributed by atoms with Gasteiger partial charge in [0, 0.05) is 13.1 Å². The highest BCUT2D eigenvalue weighted by molar-refractivity contribution is 5.94. The first-order valence-corrected chi connectivity index (χ1v) is 9.85. The number of ether oxygens (including phenoxy) is 1. The fourth-order valence-electron chi connectivity index (χ4n) is 3.83. The average molecular weight is 376 g/mol. The third kappa shape index (κ3) is 6.54. The molecule has 2 rings (SSSR count). The van der Waals surface area contributed by atoms with Gasteiger partial charge in [-0.3, -0.25) is 14.5 Å². The summed E-state index contributed by atoms with van der Waals surface area (Å²) in [5.41, 5.74) is 0.645. The normalized spacial score (nSPS) is 19.8. The SMILES string of the molecule is CCCN(CC(=O)Nc1ccccc1OC)CC(=O)N1CC(C)CC(C)C1. The molecule has 6 nitrogen and oxygen atoms in total. The second-order valence-electron chi connectivity index (χ2n) is 7.70. The summed E-state index contributed by atoms with van der Waals surface area (Å²) in [4.78, 5) is 29.1. The molecule has 2 atom stereocenters. The van der Waals surface area contributed by atoms with E-state index in [-0.39, 0.29) is 24.9 Å². The summed E-state index contributed by atoms with van der Waals surface area (Å²) >= 11 is 0. The van der Waals surface area contributed by atoms with Gasteiger partial charge in [-0.1, -0.05) is 32.9 Å². The summed E-state index contributed by atoms with van der Waals surface area (Å²) in [6.07, 6.45) is 2.06. The maximum absolute atomic E-state index is 12.7. The van der Waals surface area contributed by atoms with Crippen molar-refractivity contribution in [2.24, 2.45) is 11.8 Å². The maximum atomic E-state index is 12.7. The summed E-state index contributed by atoms with van der Waals surface area (Å²) < 4.78 is 5.27. The number of anilines is 1. The number of piperidine rings is 1. The van der Waals surface area contributed by atoms with Gasteiger partial charge in [0.1, 0.15) is 5.75 Å². The highest BCUT2D eigenvalue weighted by atomic mass is 16.5. The van der Waals surface area contributed by atoms with Crippen LogP contribution in [-0.2, 0) is 9.59 Å². The lowest BCUT2D eigenvalue weighted by Crippen LogP contribution is -2.48. The van der Waals surface area contributed by atoms with Crippen molar-refractivity contribution in [3.05, 3.63) is 24.3 Å². The first kappa shape index (κ1) is 21.2. The number of likely N-dealkylation sites (tertiary alicyclic amines) is 1. The van der Waals surface area contributed by atoms with Crippen LogP contribution in [0.4, 0.5) is 5.69 Å². The van der Waals surface area contributed by atoms with Gasteiger partial charge in [0.05, 0.1) is 25.9 Å². The van der Waals surface area contributed by atoms with E-state index in [1.54, 1.807) is 7.11 Å². The third-order valence-electron chi connectivity index (χ3n) is 4.87. The Morgan fingerprint density at radius 2 is 1.85 bits per heavy atom. The van der Waals surface area contributed by atoms with Crippen LogP contribution < -0.4 is 10.1 Å². The van der Waals surface area contributed by atoms with Crippen LogP contribution in [0.15, 0.2) is 24.3 Å². The minimum Gasteiger partial charge on any atom is -0.495 e. The van der Waals surface area contributed by atoms with Gasteiger partial charge in [0.25, 0.3) is 0 Å². The van der Waals surface area contributed by atoms with Crippen molar-refractivity contribution in [2.45, 2.75) is 33.6 Å². The van der Waals surface area contributed by atoms with Crippen molar-refractivity contribution in [2.75, 3.05) is 45.2 Å². The van der Waals surface area contributed by atoms with Gasteiger partial charge in [0.15, 0.2) is 0 Å². The smallest absolute Gasteiger partial charge is 0.238 e. The molecule has 0 aliphatic carbocycles. The van der Waals surface area contributed by atoms with Crippen LogP contribution in [0.3, 0.4) is 0 Å². The van der Waals surface area contributed by atoms with Crippen molar-refractivity contribution in [1.82, 2.24) is 9.80 Å². The van der Waals surface area contributed by atoms with E-state index in [1.807, 2.05) is 34.1 Å². The second-order valence-corrected chi connectivity index (χ2v) is 7.70. The van der Waals surface area contributed by atoms with E-state index < -0.39 is 0 Å². The van der Waals surface area contributed by atoms with E-state index >= 15 is 0 Å². The quantitative estimate of drug-likeness (QED) is 0.759. The van der Waals surface area contributed by atoms with Crippen molar-refractivity contribution in [1.29, 1.82) is 0 Å². The van der Waals surface area contributed by atoms with Gasteiger partial charge in [-0.2, -0.15) is 0 Å². The van der Waals surface area contributed by atoms with Gasteiger partial charge in [-0.15, -0.1) is 0 Å². The average Bonchev–Trinajstić information content (AvgIpc) is 2.61. The van der Waals surface area contributed by atoms with E-state index in [1.165, 1.54) is 6.42 Å². The highest BCUT2D eigenvalue weighted by Gasteiger charge is 2.26. The molecule has 1 aliphatic heterocycles. The number of methoxy groups -OCH3 is 1. The van der Waals surface area contributed by atoms with Gasteiger partial charge in [-0.25, -0.2) is 0 Å². The van der Waals surface area contributed by atoms with E-state index in [9.17, 15) is 9.59 Å². The number of rotatable bonds is 8. The van der Waals surface area contributed by atoms with Crippen LogP contribution in [0.1, 0.15) is 33.6 Å². The zero-order valence-corrected chi connectivity index (χ0v) is 17.0. The van der Waals surface area contributed by atoms with E-state index in [0.29, 0.717) is 29.8 Å². The topological polar surface area (TPSA) is 61.9 Å². The van der Waals surface area contributed by atoms with Gasteiger partial charge in [0.2, 0.25) is 11.8 Å². The zero-order valence-electron chi connectivity index (χ0n) is 17.0. The summed E-state index contributed by atoms with van der Waals surface area (Å²) in [5.74, 6) is 1.67. The number of carbonyl (C=O) groups is 2. The number of carbonyl (C=O) groups excluding carboxylic acids is 2. The number of para-hydroxylation sites is 2. The first-order valence-electron chi connectivity index (χ1n) is 9.85. The van der Waals surface area contributed by atoms with Crippen molar-refractivity contribution in [3.8, 4) is 5.75 Å². The third-order valence-corrected chi connectivity index (χ3v) is 4.87. The molecule has 1 fully saturated rings. The monoisotopic (exact) mass is 375 g/mol. The van der Waals surface area contributed by atoms with Crippen LogP contribution >= 0.6 is 0 Å². The van der Waals surface area contributed by atoms with Crippen molar-refractivity contribution in [3.63, 3.8) is 0 Å². The zero-order chi connectivity index (χ0) is 19.8. The molecule has 1 N–H and O–H groups in total. The fraction of sp³-hybridized carbons (Fsp3) is 0.619. The number of hydrogen-bond acceptors (Lipinski definition) is 4. The Hall–Kier alpha value is -2.08. The molecule has 1 saturated heterocycles. The molecule has 1 aromatic rings. The summed E-state index contributed by atoms with van der Waals surface area (Å²) in [5, 5.41) is 2.89. The number of benzene rings is 1. The molecule has 2 unspecified atom stereocenters. The molecule has 150 valence electrons. The molecule has 1 aromatic carbocycles. The minimum atomic E-state index is -0.138. The number of nitrogens with zero attached hydrogens (tertiary/aromatic N) is 2. The molecule has 0 bridgehead atoms. The lowest BCUT2D eigenvalue weighted by atomic mass is 9.92.